The van der Waals surface area contributed by atoms with Gasteiger partial charge in [-0.25, -0.2) is 0 Å². The first kappa shape index (κ1) is 12.4. The summed E-state index contributed by atoms with van der Waals surface area (Å²) < 4.78 is 0. The Morgan fingerprint density at radius 1 is 1.15 bits per heavy atom. The van der Waals surface area contributed by atoms with Crippen LogP contribution in [-0.2, 0) is 0 Å². The fourth-order valence-electron chi connectivity index (χ4n) is 1.16. The molecule has 0 aromatic rings. The summed E-state index contributed by atoms with van der Waals surface area (Å²) in [5, 5.41) is 9.00. The quantitative estimate of drug-likeness (QED) is 0.624. The maximum Gasteiger partial charge on any atom is 0.0644 e. The zero-order valence-electron chi connectivity index (χ0n) is 9.14. The smallest absolute Gasteiger partial charge is 0.0644 e. The Labute approximate surface area is 82.2 Å². The first-order valence-corrected chi connectivity index (χ1v) is 5.27. The van der Waals surface area contributed by atoms with Crippen molar-refractivity contribution < 1.29 is 5.11 Å². The van der Waals surface area contributed by atoms with E-state index in [0.29, 0.717) is 0 Å². The van der Waals surface area contributed by atoms with Crippen molar-refractivity contribution in [2.24, 2.45) is 0 Å². The number of allylic oxidation sites excluding steroid dienone is 3. The van der Waals surface area contributed by atoms with Crippen molar-refractivity contribution in [2.75, 3.05) is 6.61 Å². The molecule has 0 aliphatic heterocycles. The molecule has 0 amide bonds. The first-order chi connectivity index (χ1) is 6.28. The van der Waals surface area contributed by atoms with Gasteiger partial charge in [0.1, 0.15) is 0 Å². The predicted molar refractivity (Wildman–Crippen MR) is 58.7 cm³/mol. The van der Waals surface area contributed by atoms with Crippen LogP contribution < -0.4 is 0 Å². The van der Waals surface area contributed by atoms with Crippen molar-refractivity contribution in [2.45, 2.75) is 46.5 Å². The fraction of sp³-hybridized carbons (Fsp3) is 0.667. The Bertz CT molecular complexity index is 172. The summed E-state index contributed by atoms with van der Waals surface area (Å²) in [5.74, 6) is 0. The zero-order chi connectivity index (χ0) is 10.1. The van der Waals surface area contributed by atoms with E-state index in [0.717, 1.165) is 24.8 Å². The van der Waals surface area contributed by atoms with Gasteiger partial charge in [-0.2, -0.15) is 0 Å². The maximum absolute atomic E-state index is 9.00. The van der Waals surface area contributed by atoms with Crippen LogP contribution in [-0.4, -0.2) is 11.7 Å². The van der Waals surface area contributed by atoms with Crippen LogP contribution in [0.15, 0.2) is 23.3 Å². The van der Waals surface area contributed by atoms with E-state index < -0.39 is 0 Å². The summed E-state index contributed by atoms with van der Waals surface area (Å²) in [4.78, 5) is 0. The van der Waals surface area contributed by atoms with Gasteiger partial charge in [0.25, 0.3) is 0 Å². The van der Waals surface area contributed by atoms with Crippen LogP contribution in [0.1, 0.15) is 46.5 Å². The summed E-state index contributed by atoms with van der Waals surface area (Å²) in [6.45, 7) is 6.61. The van der Waals surface area contributed by atoms with Gasteiger partial charge in [0.05, 0.1) is 6.61 Å². The van der Waals surface area contributed by atoms with Crippen molar-refractivity contribution in [1.29, 1.82) is 0 Å². The molecule has 0 unspecified atom stereocenters. The minimum atomic E-state index is 0.194. The Morgan fingerprint density at radius 2 is 1.85 bits per heavy atom. The lowest BCUT2D eigenvalue weighted by molar-refractivity contribution is 0.327. The third-order valence-electron chi connectivity index (χ3n) is 2.15. The molecule has 0 atom stereocenters. The molecule has 0 radical (unpaired) electrons. The third-order valence-corrected chi connectivity index (χ3v) is 2.15. The number of rotatable bonds is 6. The molecule has 0 aliphatic rings. The first-order valence-electron chi connectivity index (χ1n) is 5.27. The average molecular weight is 182 g/mol. The molecule has 0 aliphatic carbocycles. The van der Waals surface area contributed by atoms with Gasteiger partial charge in [0.15, 0.2) is 0 Å². The normalized spacial score (nSPS) is 13.5. The zero-order valence-corrected chi connectivity index (χ0v) is 9.14. The third kappa shape index (κ3) is 5.64. The molecule has 0 spiro atoms. The highest BCUT2D eigenvalue weighted by atomic mass is 16.3. The maximum atomic E-state index is 9.00. The molecule has 1 heteroatoms. The molecule has 1 nitrogen and oxygen atoms in total. The number of aliphatic hydroxyl groups excluding tert-OH is 1. The van der Waals surface area contributed by atoms with E-state index in [1.807, 2.05) is 0 Å². The topological polar surface area (TPSA) is 20.2 Å². The molecule has 76 valence electrons. The summed E-state index contributed by atoms with van der Waals surface area (Å²) in [5.41, 5.74) is 2.48. The molecule has 0 bridgehead atoms. The molecule has 0 fully saturated rings. The van der Waals surface area contributed by atoms with Gasteiger partial charge < -0.3 is 5.11 Å². The van der Waals surface area contributed by atoms with Gasteiger partial charge in [0.2, 0.25) is 0 Å². The highest BCUT2D eigenvalue weighted by molar-refractivity contribution is 5.23. The molecule has 0 aromatic heterocycles. The van der Waals surface area contributed by atoms with Crippen LogP contribution >= 0.6 is 0 Å². The van der Waals surface area contributed by atoms with Crippen LogP contribution in [0.4, 0.5) is 0 Å². The number of unbranched alkanes of at least 4 members (excludes halogenated alkanes) is 1. The largest absolute Gasteiger partial charge is 0.392 e. The second kappa shape index (κ2) is 8.06. The van der Waals surface area contributed by atoms with E-state index in [1.165, 1.54) is 12.0 Å². The van der Waals surface area contributed by atoms with Crippen LogP contribution in [0.3, 0.4) is 0 Å². The van der Waals surface area contributed by atoms with Crippen LogP contribution in [0.25, 0.3) is 0 Å². The highest BCUT2D eigenvalue weighted by Gasteiger charge is 1.93. The van der Waals surface area contributed by atoms with Crippen molar-refractivity contribution >= 4 is 0 Å². The van der Waals surface area contributed by atoms with Crippen LogP contribution in [0, 0.1) is 0 Å². The van der Waals surface area contributed by atoms with E-state index in [2.05, 4.69) is 32.9 Å². The van der Waals surface area contributed by atoms with Crippen molar-refractivity contribution in [3.63, 3.8) is 0 Å². The lowest BCUT2D eigenvalue weighted by Crippen LogP contribution is -1.89. The number of hydrogen-bond donors (Lipinski definition) is 1. The molecule has 0 saturated heterocycles. The van der Waals surface area contributed by atoms with Gasteiger partial charge in [-0.1, -0.05) is 44.9 Å². The fourth-order valence-corrected chi connectivity index (χ4v) is 1.16. The lowest BCUT2D eigenvalue weighted by atomic mass is 10.1. The van der Waals surface area contributed by atoms with Gasteiger partial charge in [-0.15, -0.1) is 0 Å². The highest BCUT2D eigenvalue weighted by Crippen LogP contribution is 2.10. The van der Waals surface area contributed by atoms with E-state index in [1.54, 1.807) is 0 Å². The summed E-state index contributed by atoms with van der Waals surface area (Å²) >= 11 is 0. The molecule has 13 heavy (non-hydrogen) atoms. The summed E-state index contributed by atoms with van der Waals surface area (Å²) in [6, 6.07) is 0. The number of aliphatic hydroxyl groups is 1. The summed E-state index contributed by atoms with van der Waals surface area (Å²) in [6.07, 6.45) is 8.74. The van der Waals surface area contributed by atoms with E-state index in [-0.39, 0.29) is 6.61 Å². The minimum absolute atomic E-state index is 0.194. The average Bonchev–Trinajstić information content (AvgIpc) is 2.19. The second-order valence-electron chi connectivity index (χ2n) is 3.24. The predicted octanol–water partition coefficient (Wildman–Crippen LogP) is 3.45. The van der Waals surface area contributed by atoms with E-state index in [4.69, 9.17) is 5.11 Å². The van der Waals surface area contributed by atoms with Gasteiger partial charge in [-0.05, 0) is 24.8 Å². The Balaban J connectivity index is 4.31. The van der Waals surface area contributed by atoms with Gasteiger partial charge in [-0.3, -0.25) is 0 Å². The Morgan fingerprint density at radius 3 is 2.23 bits per heavy atom. The van der Waals surface area contributed by atoms with Crippen molar-refractivity contribution in [3.8, 4) is 0 Å². The Kier molecular flexibility index (Phi) is 7.71. The molecule has 1 N–H and O–H groups in total. The molecular weight excluding hydrogens is 160 g/mol. The summed E-state index contributed by atoms with van der Waals surface area (Å²) in [7, 11) is 0. The van der Waals surface area contributed by atoms with Crippen molar-refractivity contribution in [1.82, 2.24) is 0 Å². The Hall–Kier alpha value is -0.560. The SMILES string of the molecule is CCC/C=C(/C=C(\CC)CO)CC. The van der Waals surface area contributed by atoms with Gasteiger partial charge in [0, 0.05) is 0 Å². The van der Waals surface area contributed by atoms with E-state index in [9.17, 15) is 0 Å². The van der Waals surface area contributed by atoms with Gasteiger partial charge >= 0.3 is 0 Å². The molecule has 0 heterocycles. The molecule has 0 rings (SSSR count). The number of hydrogen-bond acceptors (Lipinski definition) is 1. The standard InChI is InChI=1S/C12H22O/c1-4-7-8-11(5-2)9-12(6-3)10-13/h8-9,13H,4-7,10H2,1-3H3/b11-8+,12-9+. The second-order valence-corrected chi connectivity index (χ2v) is 3.24. The van der Waals surface area contributed by atoms with Crippen LogP contribution in [0.5, 0.6) is 0 Å². The monoisotopic (exact) mass is 182 g/mol. The minimum Gasteiger partial charge on any atom is -0.392 e. The van der Waals surface area contributed by atoms with Crippen LogP contribution in [0.2, 0.25) is 0 Å². The van der Waals surface area contributed by atoms with E-state index >= 15 is 0 Å². The molecule has 0 saturated carbocycles. The lowest BCUT2D eigenvalue weighted by Gasteiger charge is -2.02. The van der Waals surface area contributed by atoms with Crippen molar-refractivity contribution in [3.05, 3.63) is 23.3 Å². The molecule has 0 aromatic carbocycles. The molecular formula is C12H22O.